The Labute approximate surface area is 80.3 Å². The molecule has 0 radical (unpaired) electrons. The lowest BCUT2D eigenvalue weighted by Crippen LogP contribution is -1.95. The van der Waals surface area contributed by atoms with Gasteiger partial charge in [-0.25, -0.2) is 0 Å². The SMILES string of the molecule is Cc1cccc(C=CCCN)c1C. The van der Waals surface area contributed by atoms with Crippen molar-refractivity contribution in [2.45, 2.75) is 20.3 Å². The zero-order chi connectivity index (χ0) is 9.68. The van der Waals surface area contributed by atoms with Gasteiger partial charge < -0.3 is 5.73 Å². The first-order valence-corrected chi connectivity index (χ1v) is 4.68. The van der Waals surface area contributed by atoms with Crippen LogP contribution in [0.4, 0.5) is 0 Å². The zero-order valence-corrected chi connectivity index (χ0v) is 8.38. The molecule has 0 fully saturated rings. The fraction of sp³-hybridized carbons (Fsp3) is 0.333. The Hall–Kier alpha value is -1.08. The molecule has 0 saturated carbocycles. The topological polar surface area (TPSA) is 26.0 Å². The minimum atomic E-state index is 0.724. The summed E-state index contributed by atoms with van der Waals surface area (Å²) in [6.45, 7) is 5.01. The summed E-state index contributed by atoms with van der Waals surface area (Å²) >= 11 is 0. The summed E-state index contributed by atoms with van der Waals surface area (Å²) in [4.78, 5) is 0. The quantitative estimate of drug-likeness (QED) is 0.751. The molecule has 0 aromatic heterocycles. The van der Waals surface area contributed by atoms with Crippen molar-refractivity contribution in [1.29, 1.82) is 0 Å². The van der Waals surface area contributed by atoms with Crippen LogP contribution in [-0.4, -0.2) is 6.54 Å². The molecule has 1 rings (SSSR count). The Morgan fingerprint density at radius 1 is 1.31 bits per heavy atom. The lowest BCUT2D eigenvalue weighted by molar-refractivity contribution is 1.01. The van der Waals surface area contributed by atoms with Gasteiger partial charge in [0.1, 0.15) is 0 Å². The van der Waals surface area contributed by atoms with Gasteiger partial charge in [-0.15, -0.1) is 0 Å². The van der Waals surface area contributed by atoms with Crippen molar-refractivity contribution in [3.05, 3.63) is 41.0 Å². The number of hydrogen-bond acceptors (Lipinski definition) is 1. The molecule has 0 bridgehead atoms. The Morgan fingerprint density at radius 2 is 2.08 bits per heavy atom. The molecule has 0 saturated heterocycles. The van der Waals surface area contributed by atoms with E-state index < -0.39 is 0 Å². The fourth-order valence-corrected chi connectivity index (χ4v) is 1.26. The van der Waals surface area contributed by atoms with E-state index in [1.807, 2.05) is 0 Å². The van der Waals surface area contributed by atoms with Gasteiger partial charge in [-0.1, -0.05) is 30.4 Å². The van der Waals surface area contributed by atoms with Gasteiger partial charge in [0.15, 0.2) is 0 Å². The zero-order valence-electron chi connectivity index (χ0n) is 8.38. The van der Waals surface area contributed by atoms with Crippen molar-refractivity contribution in [1.82, 2.24) is 0 Å². The van der Waals surface area contributed by atoms with Gasteiger partial charge in [-0.05, 0) is 43.5 Å². The molecule has 0 atom stereocenters. The highest BCUT2D eigenvalue weighted by Crippen LogP contribution is 2.14. The van der Waals surface area contributed by atoms with E-state index in [0.29, 0.717) is 0 Å². The van der Waals surface area contributed by atoms with Gasteiger partial charge >= 0.3 is 0 Å². The summed E-state index contributed by atoms with van der Waals surface area (Å²) in [6.07, 6.45) is 5.23. The molecular formula is C12H17N. The molecule has 70 valence electrons. The van der Waals surface area contributed by atoms with E-state index in [1.54, 1.807) is 0 Å². The van der Waals surface area contributed by atoms with E-state index >= 15 is 0 Å². The van der Waals surface area contributed by atoms with Gasteiger partial charge in [-0.2, -0.15) is 0 Å². The van der Waals surface area contributed by atoms with Crippen molar-refractivity contribution in [2.75, 3.05) is 6.54 Å². The normalized spacial score (nSPS) is 11.0. The minimum absolute atomic E-state index is 0.724. The van der Waals surface area contributed by atoms with Gasteiger partial charge in [0, 0.05) is 0 Å². The van der Waals surface area contributed by atoms with Crippen LogP contribution >= 0.6 is 0 Å². The van der Waals surface area contributed by atoms with Crippen LogP contribution in [0.3, 0.4) is 0 Å². The Bertz CT molecular complexity index is 300. The average molecular weight is 175 g/mol. The van der Waals surface area contributed by atoms with E-state index in [4.69, 9.17) is 5.73 Å². The Balaban J connectivity index is 2.83. The Morgan fingerprint density at radius 3 is 2.77 bits per heavy atom. The van der Waals surface area contributed by atoms with Gasteiger partial charge in [0.2, 0.25) is 0 Å². The number of hydrogen-bond donors (Lipinski definition) is 1. The summed E-state index contributed by atoms with van der Waals surface area (Å²) < 4.78 is 0. The largest absolute Gasteiger partial charge is 0.330 e. The molecule has 1 nitrogen and oxygen atoms in total. The van der Waals surface area contributed by atoms with Gasteiger partial charge in [0.25, 0.3) is 0 Å². The molecule has 1 heteroatoms. The molecule has 1 aromatic rings. The highest BCUT2D eigenvalue weighted by molar-refractivity contribution is 5.55. The summed E-state index contributed by atoms with van der Waals surface area (Å²) in [5, 5.41) is 0. The molecule has 0 amide bonds. The van der Waals surface area contributed by atoms with Crippen LogP contribution in [0.1, 0.15) is 23.1 Å². The van der Waals surface area contributed by atoms with Crippen molar-refractivity contribution < 1.29 is 0 Å². The Kier molecular flexibility index (Phi) is 3.71. The maximum atomic E-state index is 5.41. The summed E-state index contributed by atoms with van der Waals surface area (Å²) in [6, 6.07) is 6.36. The van der Waals surface area contributed by atoms with Crippen LogP contribution in [0.15, 0.2) is 24.3 Å². The van der Waals surface area contributed by atoms with Crippen molar-refractivity contribution >= 4 is 6.08 Å². The highest BCUT2D eigenvalue weighted by atomic mass is 14.5. The van der Waals surface area contributed by atoms with E-state index in [2.05, 4.69) is 44.2 Å². The van der Waals surface area contributed by atoms with Gasteiger partial charge in [-0.3, -0.25) is 0 Å². The summed E-state index contributed by atoms with van der Waals surface area (Å²) in [7, 11) is 0. The van der Waals surface area contributed by atoms with E-state index in [1.165, 1.54) is 16.7 Å². The molecule has 0 spiro atoms. The van der Waals surface area contributed by atoms with Crippen molar-refractivity contribution in [3.8, 4) is 0 Å². The van der Waals surface area contributed by atoms with Crippen LogP contribution in [-0.2, 0) is 0 Å². The van der Waals surface area contributed by atoms with Crippen LogP contribution in [0.2, 0.25) is 0 Å². The molecular weight excluding hydrogens is 158 g/mol. The lowest BCUT2D eigenvalue weighted by atomic mass is 10.0. The standard InChI is InChI=1S/C12H17N/c1-10-6-5-8-12(11(10)2)7-3-4-9-13/h3,5-8H,4,9,13H2,1-2H3. The average Bonchev–Trinajstić information content (AvgIpc) is 2.13. The lowest BCUT2D eigenvalue weighted by Gasteiger charge is -2.03. The summed E-state index contributed by atoms with van der Waals surface area (Å²) in [5.41, 5.74) is 9.41. The predicted octanol–water partition coefficient (Wildman–Crippen LogP) is 2.67. The second-order valence-corrected chi connectivity index (χ2v) is 3.27. The molecule has 0 aliphatic heterocycles. The maximum Gasteiger partial charge on any atom is -0.00425 e. The number of aryl methyl sites for hydroxylation is 1. The maximum absolute atomic E-state index is 5.41. The summed E-state index contributed by atoms with van der Waals surface area (Å²) in [5.74, 6) is 0. The van der Waals surface area contributed by atoms with Crippen LogP contribution in [0.25, 0.3) is 6.08 Å². The molecule has 0 unspecified atom stereocenters. The second kappa shape index (κ2) is 4.83. The van der Waals surface area contributed by atoms with Crippen molar-refractivity contribution in [2.24, 2.45) is 5.73 Å². The van der Waals surface area contributed by atoms with E-state index in [-0.39, 0.29) is 0 Å². The highest BCUT2D eigenvalue weighted by Gasteiger charge is 1.95. The molecule has 0 aliphatic carbocycles. The molecule has 0 aliphatic rings. The number of benzene rings is 1. The third-order valence-corrected chi connectivity index (χ3v) is 2.28. The first kappa shape index (κ1) is 10.0. The van der Waals surface area contributed by atoms with E-state index in [0.717, 1.165) is 13.0 Å². The fourth-order valence-electron chi connectivity index (χ4n) is 1.26. The van der Waals surface area contributed by atoms with E-state index in [9.17, 15) is 0 Å². The number of nitrogens with two attached hydrogens (primary N) is 1. The second-order valence-electron chi connectivity index (χ2n) is 3.27. The third-order valence-electron chi connectivity index (χ3n) is 2.28. The smallest absolute Gasteiger partial charge is 0.00425 e. The number of rotatable bonds is 3. The van der Waals surface area contributed by atoms with Gasteiger partial charge in [0.05, 0.1) is 0 Å². The molecule has 0 heterocycles. The predicted molar refractivity (Wildman–Crippen MR) is 58.6 cm³/mol. The minimum Gasteiger partial charge on any atom is -0.330 e. The third kappa shape index (κ3) is 2.71. The molecule has 13 heavy (non-hydrogen) atoms. The van der Waals surface area contributed by atoms with Crippen molar-refractivity contribution in [3.63, 3.8) is 0 Å². The molecule has 1 aromatic carbocycles. The van der Waals surface area contributed by atoms with Crippen LogP contribution in [0, 0.1) is 13.8 Å². The van der Waals surface area contributed by atoms with Crippen LogP contribution in [0.5, 0.6) is 0 Å². The van der Waals surface area contributed by atoms with Crippen LogP contribution < -0.4 is 5.73 Å². The first-order valence-electron chi connectivity index (χ1n) is 4.68. The first-order chi connectivity index (χ1) is 6.25. The molecule has 2 N–H and O–H groups in total. The monoisotopic (exact) mass is 175 g/mol.